The van der Waals surface area contributed by atoms with E-state index in [1.165, 1.54) is 5.56 Å². The molecule has 1 unspecified atom stereocenters. The van der Waals surface area contributed by atoms with Gasteiger partial charge in [0.2, 0.25) is 6.79 Å². The second-order valence-electron chi connectivity index (χ2n) is 5.06. The lowest BCUT2D eigenvalue weighted by atomic mass is 10.1. The Labute approximate surface area is 113 Å². The highest BCUT2D eigenvalue weighted by Crippen LogP contribution is 2.32. The molecule has 2 aliphatic rings. The Bertz CT molecular complexity index is 433. The normalized spacial score (nSPS) is 20.5. The minimum absolute atomic E-state index is 0.137. The molecule has 5 nitrogen and oxygen atoms in total. The summed E-state index contributed by atoms with van der Waals surface area (Å²) in [6.07, 6.45) is 0.855. The number of rotatable bonds is 4. The monoisotopic (exact) mass is 264 g/mol. The molecule has 1 aromatic carbocycles. The van der Waals surface area contributed by atoms with Crippen LogP contribution in [0.4, 0.5) is 0 Å². The van der Waals surface area contributed by atoms with Crippen molar-refractivity contribution in [3.63, 3.8) is 0 Å². The lowest BCUT2D eigenvalue weighted by Gasteiger charge is -2.29. The Morgan fingerprint density at radius 1 is 1.16 bits per heavy atom. The molecule has 0 bridgehead atoms. The van der Waals surface area contributed by atoms with E-state index >= 15 is 0 Å². The van der Waals surface area contributed by atoms with Crippen LogP contribution >= 0.6 is 0 Å². The number of benzene rings is 1. The van der Waals surface area contributed by atoms with Crippen molar-refractivity contribution in [3.8, 4) is 11.5 Å². The quantitative estimate of drug-likeness (QED) is 0.864. The van der Waals surface area contributed by atoms with E-state index in [9.17, 15) is 0 Å². The average Bonchev–Trinajstić information content (AvgIpc) is 2.87. The van der Waals surface area contributed by atoms with Crippen molar-refractivity contribution in [1.82, 2.24) is 4.90 Å². The van der Waals surface area contributed by atoms with Gasteiger partial charge >= 0.3 is 0 Å². The van der Waals surface area contributed by atoms with E-state index in [1.807, 2.05) is 12.1 Å². The maximum absolute atomic E-state index is 6.23. The van der Waals surface area contributed by atoms with Gasteiger partial charge in [0.05, 0.1) is 13.2 Å². The van der Waals surface area contributed by atoms with Crippen molar-refractivity contribution in [2.24, 2.45) is 5.73 Å². The highest BCUT2D eigenvalue weighted by Gasteiger charge is 2.17. The Morgan fingerprint density at radius 3 is 2.79 bits per heavy atom. The summed E-state index contributed by atoms with van der Waals surface area (Å²) in [6, 6.07) is 6.19. The second-order valence-corrected chi connectivity index (χ2v) is 5.06. The Hall–Kier alpha value is -1.30. The van der Waals surface area contributed by atoms with Gasteiger partial charge in [-0.15, -0.1) is 0 Å². The van der Waals surface area contributed by atoms with Gasteiger partial charge in [-0.25, -0.2) is 0 Å². The lowest BCUT2D eigenvalue weighted by molar-refractivity contribution is 0.0353. The summed E-state index contributed by atoms with van der Waals surface area (Å²) >= 11 is 0. The molecule has 2 aliphatic heterocycles. The van der Waals surface area contributed by atoms with Gasteiger partial charge in [0, 0.05) is 25.7 Å². The van der Waals surface area contributed by atoms with Crippen LogP contribution in [0, 0.1) is 0 Å². The van der Waals surface area contributed by atoms with Crippen LogP contribution < -0.4 is 15.2 Å². The highest BCUT2D eigenvalue weighted by atomic mass is 16.7. The van der Waals surface area contributed by atoms with E-state index in [0.717, 1.165) is 50.8 Å². The number of hydrogen-bond donors (Lipinski definition) is 1. The third-order valence-electron chi connectivity index (χ3n) is 3.53. The summed E-state index contributed by atoms with van der Waals surface area (Å²) in [5.74, 6) is 1.65. The molecule has 1 aromatic rings. The van der Waals surface area contributed by atoms with Crippen molar-refractivity contribution < 1.29 is 14.2 Å². The summed E-state index contributed by atoms with van der Waals surface area (Å²) in [4.78, 5) is 2.36. The summed E-state index contributed by atoms with van der Waals surface area (Å²) in [5.41, 5.74) is 7.43. The number of fused-ring (bicyclic) bond motifs is 1. The van der Waals surface area contributed by atoms with Gasteiger partial charge < -0.3 is 19.9 Å². The van der Waals surface area contributed by atoms with Crippen molar-refractivity contribution in [3.05, 3.63) is 23.8 Å². The van der Waals surface area contributed by atoms with E-state index < -0.39 is 0 Å². The molecule has 0 aliphatic carbocycles. The van der Waals surface area contributed by atoms with Gasteiger partial charge in [0.1, 0.15) is 0 Å². The van der Waals surface area contributed by atoms with Crippen LogP contribution in [0.3, 0.4) is 0 Å². The molecule has 19 heavy (non-hydrogen) atoms. The largest absolute Gasteiger partial charge is 0.454 e. The molecule has 5 heteroatoms. The molecule has 2 heterocycles. The molecule has 1 fully saturated rings. The predicted octanol–water partition coefficient (Wildman–Crippen LogP) is 0.617. The summed E-state index contributed by atoms with van der Waals surface area (Å²) in [6.45, 7) is 4.83. The van der Waals surface area contributed by atoms with Gasteiger partial charge in [0.25, 0.3) is 0 Å². The van der Waals surface area contributed by atoms with E-state index in [4.69, 9.17) is 19.9 Å². The molecule has 0 aromatic heterocycles. The van der Waals surface area contributed by atoms with Gasteiger partial charge in [-0.2, -0.15) is 0 Å². The Morgan fingerprint density at radius 2 is 1.95 bits per heavy atom. The third kappa shape index (κ3) is 3.18. The highest BCUT2D eigenvalue weighted by molar-refractivity contribution is 5.44. The molecular formula is C14H20N2O3. The van der Waals surface area contributed by atoms with Crippen LogP contribution in [0.2, 0.25) is 0 Å². The number of hydrogen-bond acceptors (Lipinski definition) is 5. The first kappa shape index (κ1) is 12.7. The van der Waals surface area contributed by atoms with Gasteiger partial charge in [0.15, 0.2) is 11.5 Å². The molecule has 0 spiro atoms. The van der Waals surface area contributed by atoms with Crippen LogP contribution in [-0.4, -0.2) is 50.6 Å². The minimum Gasteiger partial charge on any atom is -0.454 e. The van der Waals surface area contributed by atoms with Crippen LogP contribution in [0.1, 0.15) is 5.56 Å². The first-order valence-corrected chi connectivity index (χ1v) is 6.75. The molecule has 3 rings (SSSR count). The fourth-order valence-electron chi connectivity index (χ4n) is 2.55. The first-order chi connectivity index (χ1) is 9.31. The predicted molar refractivity (Wildman–Crippen MR) is 71.5 cm³/mol. The molecule has 1 saturated heterocycles. The lowest BCUT2D eigenvalue weighted by Crippen LogP contribution is -2.44. The van der Waals surface area contributed by atoms with Crippen molar-refractivity contribution >= 4 is 0 Å². The van der Waals surface area contributed by atoms with Crippen molar-refractivity contribution in [1.29, 1.82) is 0 Å². The first-order valence-electron chi connectivity index (χ1n) is 6.75. The molecule has 104 valence electrons. The molecule has 2 N–H and O–H groups in total. The number of ether oxygens (including phenoxy) is 3. The van der Waals surface area contributed by atoms with Crippen LogP contribution in [0.25, 0.3) is 0 Å². The zero-order valence-corrected chi connectivity index (χ0v) is 11.0. The smallest absolute Gasteiger partial charge is 0.231 e. The SMILES string of the molecule is NC(Cc1ccc2c(c1)OCO2)CN1CCOCC1. The average molecular weight is 264 g/mol. The zero-order chi connectivity index (χ0) is 13.1. The molecule has 0 saturated carbocycles. The fourth-order valence-corrected chi connectivity index (χ4v) is 2.55. The van der Waals surface area contributed by atoms with Crippen molar-refractivity contribution in [2.45, 2.75) is 12.5 Å². The van der Waals surface area contributed by atoms with E-state index in [0.29, 0.717) is 6.79 Å². The second kappa shape index (κ2) is 5.77. The topological polar surface area (TPSA) is 57.0 Å². The van der Waals surface area contributed by atoms with Gasteiger partial charge in [-0.3, -0.25) is 4.90 Å². The van der Waals surface area contributed by atoms with E-state index in [2.05, 4.69) is 11.0 Å². The Balaban J connectivity index is 1.55. The third-order valence-corrected chi connectivity index (χ3v) is 3.53. The van der Waals surface area contributed by atoms with E-state index in [1.54, 1.807) is 0 Å². The fraction of sp³-hybridized carbons (Fsp3) is 0.571. The standard InChI is InChI=1S/C14H20N2O3/c15-12(9-16-3-5-17-6-4-16)7-11-1-2-13-14(8-11)19-10-18-13/h1-2,8,12H,3-7,9-10,15H2. The van der Waals surface area contributed by atoms with Crippen molar-refractivity contribution in [2.75, 3.05) is 39.6 Å². The zero-order valence-electron chi connectivity index (χ0n) is 11.0. The van der Waals surface area contributed by atoms with Gasteiger partial charge in [-0.1, -0.05) is 6.07 Å². The summed E-state index contributed by atoms with van der Waals surface area (Å²) in [7, 11) is 0. The maximum Gasteiger partial charge on any atom is 0.231 e. The minimum atomic E-state index is 0.137. The number of nitrogens with zero attached hydrogens (tertiary/aromatic N) is 1. The molecule has 0 amide bonds. The van der Waals surface area contributed by atoms with Crippen LogP contribution in [0.5, 0.6) is 11.5 Å². The number of nitrogens with two attached hydrogens (primary N) is 1. The van der Waals surface area contributed by atoms with Crippen LogP contribution in [0.15, 0.2) is 18.2 Å². The van der Waals surface area contributed by atoms with Gasteiger partial charge in [-0.05, 0) is 24.1 Å². The van der Waals surface area contributed by atoms with E-state index in [-0.39, 0.29) is 6.04 Å². The van der Waals surface area contributed by atoms with Crippen LogP contribution in [-0.2, 0) is 11.2 Å². The summed E-state index contributed by atoms with van der Waals surface area (Å²) in [5, 5.41) is 0. The Kier molecular flexibility index (Phi) is 3.87. The molecule has 0 radical (unpaired) electrons. The number of morpholine rings is 1. The summed E-state index contributed by atoms with van der Waals surface area (Å²) < 4.78 is 16.0. The molecule has 1 atom stereocenters. The maximum atomic E-state index is 6.23. The molecular weight excluding hydrogens is 244 g/mol.